The normalized spacial score (nSPS) is 25.6. The molecule has 0 spiro atoms. The summed E-state index contributed by atoms with van der Waals surface area (Å²) in [7, 11) is 0. The lowest BCUT2D eigenvalue weighted by Crippen LogP contribution is -2.38. The van der Waals surface area contributed by atoms with Crippen LogP contribution in [0, 0.1) is 0 Å². The molecule has 2 aromatic rings. The van der Waals surface area contributed by atoms with Crippen LogP contribution >= 0.6 is 0 Å². The van der Waals surface area contributed by atoms with E-state index >= 15 is 0 Å². The number of aromatic amines is 1. The van der Waals surface area contributed by atoms with Crippen LogP contribution in [0.2, 0.25) is 0 Å². The minimum atomic E-state index is 0.575. The average Bonchev–Trinajstić information content (AvgIpc) is 3.16. The van der Waals surface area contributed by atoms with Gasteiger partial charge in [-0.25, -0.2) is 0 Å². The smallest absolute Gasteiger partial charge is 0.110 e. The van der Waals surface area contributed by atoms with Crippen molar-refractivity contribution < 1.29 is 0 Å². The van der Waals surface area contributed by atoms with Crippen LogP contribution in [-0.2, 0) is 0 Å². The van der Waals surface area contributed by atoms with Crippen LogP contribution in [0.4, 0.5) is 5.82 Å². The van der Waals surface area contributed by atoms with Gasteiger partial charge in [-0.2, -0.15) is 0 Å². The standard InChI is InChI=1S/C17H21N3/c1-2-14(18-7-1)12-3-4-15-13(10-12)16-11-5-8-20(9-6-11)17(16)19-15/h3-4,10-11,14,18-19H,1-2,5-9H2. The second-order valence-corrected chi connectivity index (χ2v) is 6.60. The zero-order chi connectivity index (χ0) is 13.1. The number of benzene rings is 1. The molecule has 1 aromatic carbocycles. The van der Waals surface area contributed by atoms with Crippen LogP contribution in [0.25, 0.3) is 10.9 Å². The molecule has 3 nitrogen and oxygen atoms in total. The molecule has 2 fully saturated rings. The third-order valence-corrected chi connectivity index (χ3v) is 5.52. The molecule has 5 heterocycles. The zero-order valence-electron chi connectivity index (χ0n) is 11.8. The van der Waals surface area contributed by atoms with Gasteiger partial charge in [0.1, 0.15) is 5.82 Å². The number of H-pyrrole nitrogens is 1. The fourth-order valence-electron chi connectivity index (χ4n) is 4.46. The number of fused-ring (bicyclic) bond motifs is 3. The summed E-state index contributed by atoms with van der Waals surface area (Å²) >= 11 is 0. The summed E-state index contributed by atoms with van der Waals surface area (Å²) in [6, 6.07) is 7.63. The van der Waals surface area contributed by atoms with Crippen molar-refractivity contribution >= 4 is 16.7 Å². The van der Waals surface area contributed by atoms with E-state index in [9.17, 15) is 0 Å². The number of piperidine rings is 1. The maximum absolute atomic E-state index is 3.67. The maximum atomic E-state index is 3.67. The van der Waals surface area contributed by atoms with Gasteiger partial charge in [0.15, 0.2) is 0 Å². The number of hydrogen-bond donors (Lipinski definition) is 2. The molecule has 1 unspecified atom stereocenters. The second kappa shape index (κ2) is 4.01. The maximum Gasteiger partial charge on any atom is 0.110 e. The fourth-order valence-corrected chi connectivity index (χ4v) is 4.46. The lowest BCUT2D eigenvalue weighted by Gasteiger charge is -2.40. The van der Waals surface area contributed by atoms with Gasteiger partial charge in [0.2, 0.25) is 0 Å². The Hall–Kier alpha value is -1.48. The largest absolute Gasteiger partial charge is 0.358 e. The number of rotatable bonds is 1. The Morgan fingerprint density at radius 3 is 2.80 bits per heavy atom. The van der Waals surface area contributed by atoms with Crippen LogP contribution < -0.4 is 10.2 Å². The molecule has 2 saturated heterocycles. The lowest BCUT2D eigenvalue weighted by molar-refractivity contribution is 0.475. The van der Waals surface area contributed by atoms with Crippen molar-refractivity contribution in [1.82, 2.24) is 10.3 Å². The third-order valence-electron chi connectivity index (χ3n) is 5.52. The van der Waals surface area contributed by atoms with Gasteiger partial charge in [0, 0.05) is 35.6 Å². The van der Waals surface area contributed by atoms with Gasteiger partial charge in [-0.15, -0.1) is 0 Å². The molecular formula is C17H21N3. The molecule has 0 radical (unpaired) electrons. The number of aromatic nitrogens is 1. The van der Waals surface area contributed by atoms with E-state index in [2.05, 4.69) is 33.4 Å². The van der Waals surface area contributed by atoms with Crippen molar-refractivity contribution in [2.45, 2.75) is 37.6 Å². The molecule has 0 saturated carbocycles. The van der Waals surface area contributed by atoms with Gasteiger partial charge < -0.3 is 15.2 Å². The summed E-state index contributed by atoms with van der Waals surface area (Å²) in [5.74, 6) is 2.20. The molecule has 6 rings (SSSR count). The highest BCUT2D eigenvalue weighted by atomic mass is 15.2. The Bertz CT molecular complexity index is 658. The Morgan fingerprint density at radius 2 is 2.00 bits per heavy atom. The molecule has 1 atom stereocenters. The average molecular weight is 267 g/mol. The molecule has 104 valence electrons. The minimum absolute atomic E-state index is 0.575. The van der Waals surface area contributed by atoms with E-state index in [4.69, 9.17) is 0 Å². The molecule has 4 aliphatic rings. The van der Waals surface area contributed by atoms with E-state index in [0.717, 1.165) is 5.92 Å². The second-order valence-electron chi connectivity index (χ2n) is 6.60. The molecule has 2 bridgehead atoms. The van der Waals surface area contributed by atoms with Gasteiger partial charge in [0.25, 0.3) is 0 Å². The van der Waals surface area contributed by atoms with Gasteiger partial charge in [-0.3, -0.25) is 0 Å². The summed E-state index contributed by atoms with van der Waals surface area (Å²) in [6.45, 7) is 3.65. The van der Waals surface area contributed by atoms with Gasteiger partial charge in [-0.1, -0.05) is 6.07 Å². The Balaban J connectivity index is 1.69. The number of nitrogens with zero attached hydrogens (tertiary/aromatic N) is 1. The van der Waals surface area contributed by atoms with E-state index in [1.807, 2.05) is 0 Å². The van der Waals surface area contributed by atoms with Gasteiger partial charge >= 0.3 is 0 Å². The van der Waals surface area contributed by atoms with E-state index in [1.165, 1.54) is 67.6 Å². The fraction of sp³-hybridized carbons (Fsp3) is 0.529. The van der Waals surface area contributed by atoms with Crippen molar-refractivity contribution in [3.63, 3.8) is 0 Å². The predicted molar refractivity (Wildman–Crippen MR) is 82.5 cm³/mol. The topological polar surface area (TPSA) is 31.1 Å². The zero-order valence-corrected chi connectivity index (χ0v) is 11.8. The number of nitrogens with one attached hydrogen (secondary N) is 2. The first-order valence-corrected chi connectivity index (χ1v) is 8.04. The highest BCUT2D eigenvalue weighted by Crippen LogP contribution is 2.46. The molecular weight excluding hydrogens is 246 g/mol. The Kier molecular flexibility index (Phi) is 2.25. The molecule has 20 heavy (non-hydrogen) atoms. The minimum Gasteiger partial charge on any atom is -0.358 e. The third kappa shape index (κ3) is 1.44. The van der Waals surface area contributed by atoms with Crippen molar-refractivity contribution in [2.24, 2.45) is 0 Å². The monoisotopic (exact) mass is 267 g/mol. The Labute approximate surface area is 119 Å². The summed E-state index contributed by atoms with van der Waals surface area (Å²) in [5, 5.41) is 5.11. The van der Waals surface area contributed by atoms with Gasteiger partial charge in [-0.05, 0) is 55.8 Å². The first-order chi connectivity index (χ1) is 9.90. The highest BCUT2D eigenvalue weighted by Gasteiger charge is 2.34. The SMILES string of the molecule is c1cc2[nH]c3c(c2cc1C1CCCN1)C1CCN3CC1. The first kappa shape index (κ1) is 11.2. The van der Waals surface area contributed by atoms with Crippen LogP contribution in [0.15, 0.2) is 18.2 Å². The van der Waals surface area contributed by atoms with E-state index in [-0.39, 0.29) is 0 Å². The Morgan fingerprint density at radius 1 is 1.10 bits per heavy atom. The van der Waals surface area contributed by atoms with Gasteiger partial charge in [0.05, 0.1) is 0 Å². The van der Waals surface area contributed by atoms with Crippen LogP contribution in [0.5, 0.6) is 0 Å². The summed E-state index contributed by atoms with van der Waals surface area (Å²) in [5.41, 5.74) is 4.42. The molecule has 4 aliphatic heterocycles. The lowest BCUT2D eigenvalue weighted by atomic mass is 9.84. The van der Waals surface area contributed by atoms with E-state index in [0.29, 0.717) is 6.04 Å². The number of anilines is 1. The van der Waals surface area contributed by atoms with Crippen LogP contribution in [0.3, 0.4) is 0 Å². The molecule has 1 aromatic heterocycles. The van der Waals surface area contributed by atoms with E-state index < -0.39 is 0 Å². The summed E-state index contributed by atoms with van der Waals surface area (Å²) in [4.78, 5) is 6.22. The van der Waals surface area contributed by atoms with Crippen molar-refractivity contribution in [3.8, 4) is 0 Å². The quantitative estimate of drug-likeness (QED) is 0.830. The molecule has 3 heteroatoms. The highest BCUT2D eigenvalue weighted by molar-refractivity contribution is 5.91. The van der Waals surface area contributed by atoms with Crippen LogP contribution in [-0.4, -0.2) is 24.6 Å². The predicted octanol–water partition coefficient (Wildman–Crippen LogP) is 3.29. The van der Waals surface area contributed by atoms with Crippen molar-refractivity contribution in [2.75, 3.05) is 24.5 Å². The van der Waals surface area contributed by atoms with Crippen molar-refractivity contribution in [1.29, 1.82) is 0 Å². The summed E-state index contributed by atoms with van der Waals surface area (Å²) in [6.07, 6.45) is 5.27. The molecule has 0 amide bonds. The van der Waals surface area contributed by atoms with E-state index in [1.54, 1.807) is 5.56 Å². The van der Waals surface area contributed by atoms with Crippen molar-refractivity contribution in [3.05, 3.63) is 29.3 Å². The van der Waals surface area contributed by atoms with Crippen LogP contribution in [0.1, 0.15) is 48.8 Å². The summed E-state index contributed by atoms with van der Waals surface area (Å²) < 4.78 is 0. The molecule has 0 aliphatic carbocycles. The molecule has 2 N–H and O–H groups in total. The first-order valence-electron chi connectivity index (χ1n) is 8.04. The number of hydrogen-bond acceptors (Lipinski definition) is 2.